The van der Waals surface area contributed by atoms with E-state index in [9.17, 15) is 0 Å². The second kappa shape index (κ2) is 4.06. The van der Waals surface area contributed by atoms with Crippen molar-refractivity contribution in [1.29, 1.82) is 0 Å². The van der Waals surface area contributed by atoms with Gasteiger partial charge in [-0.3, -0.25) is 0 Å². The first-order valence-corrected chi connectivity index (χ1v) is 7.51. The second-order valence-electron chi connectivity index (χ2n) is 6.16. The molecule has 1 saturated carbocycles. The van der Waals surface area contributed by atoms with Crippen molar-refractivity contribution in [2.45, 2.75) is 63.1 Å². The molecule has 0 bridgehead atoms. The number of hydrogen-bond acceptors (Lipinski definition) is 4. The maximum atomic E-state index is 6.14. The first kappa shape index (κ1) is 11.9. The Morgan fingerprint density at radius 1 is 1.00 bits per heavy atom. The van der Waals surface area contributed by atoms with E-state index in [2.05, 4.69) is 5.16 Å². The van der Waals surface area contributed by atoms with Crippen molar-refractivity contribution in [1.82, 2.24) is 5.16 Å². The minimum absolute atomic E-state index is 0.0624. The van der Waals surface area contributed by atoms with Crippen LogP contribution in [-0.2, 0) is 21.3 Å². The van der Waals surface area contributed by atoms with Gasteiger partial charge in [0.05, 0.1) is 24.3 Å². The molecule has 0 unspecified atom stereocenters. The van der Waals surface area contributed by atoms with E-state index >= 15 is 0 Å². The number of ether oxygens (including phenoxy) is 2. The molecule has 104 valence electrons. The van der Waals surface area contributed by atoms with Crippen LogP contribution < -0.4 is 0 Å². The lowest BCUT2D eigenvalue weighted by Gasteiger charge is -2.50. The van der Waals surface area contributed by atoms with Gasteiger partial charge < -0.3 is 14.0 Å². The topological polar surface area (TPSA) is 44.5 Å². The summed E-state index contributed by atoms with van der Waals surface area (Å²) in [5, 5.41) is 4.42. The average Bonchev–Trinajstić information content (AvgIpc) is 3.04. The third kappa shape index (κ3) is 1.44. The Morgan fingerprint density at radius 3 is 2.58 bits per heavy atom. The molecule has 4 heteroatoms. The Labute approximate surface area is 113 Å². The SMILES string of the molecule is Cc1onc2c1CCC[C@@]21CCCCC12OCCO2. The van der Waals surface area contributed by atoms with Crippen LogP contribution in [0.2, 0.25) is 0 Å². The van der Waals surface area contributed by atoms with Crippen molar-refractivity contribution in [2.75, 3.05) is 13.2 Å². The van der Waals surface area contributed by atoms with E-state index in [0.29, 0.717) is 13.2 Å². The van der Waals surface area contributed by atoms with E-state index in [1.54, 1.807) is 0 Å². The van der Waals surface area contributed by atoms with Crippen molar-refractivity contribution in [3.63, 3.8) is 0 Å². The summed E-state index contributed by atoms with van der Waals surface area (Å²) >= 11 is 0. The fourth-order valence-electron chi connectivity index (χ4n) is 4.45. The summed E-state index contributed by atoms with van der Waals surface area (Å²) in [5.41, 5.74) is 2.39. The summed E-state index contributed by atoms with van der Waals surface area (Å²) in [4.78, 5) is 0. The molecule has 19 heavy (non-hydrogen) atoms. The molecule has 3 aliphatic rings. The molecule has 1 aromatic rings. The highest BCUT2D eigenvalue weighted by Gasteiger charge is 2.60. The van der Waals surface area contributed by atoms with E-state index in [4.69, 9.17) is 14.0 Å². The average molecular weight is 263 g/mol. The van der Waals surface area contributed by atoms with E-state index in [1.807, 2.05) is 6.92 Å². The molecule has 0 aromatic carbocycles. The van der Waals surface area contributed by atoms with Crippen LogP contribution in [0.4, 0.5) is 0 Å². The number of hydrogen-bond donors (Lipinski definition) is 0. The Bertz CT molecular complexity index is 490. The molecule has 4 nitrogen and oxygen atoms in total. The third-order valence-electron chi connectivity index (χ3n) is 5.31. The van der Waals surface area contributed by atoms with Crippen LogP contribution in [0.25, 0.3) is 0 Å². The number of nitrogens with zero attached hydrogens (tertiary/aromatic N) is 1. The summed E-state index contributed by atoms with van der Waals surface area (Å²) in [6.07, 6.45) is 7.93. The molecule has 0 amide bonds. The molecule has 1 saturated heterocycles. The number of aromatic nitrogens is 1. The molecule has 4 rings (SSSR count). The first-order valence-electron chi connectivity index (χ1n) is 7.51. The number of rotatable bonds is 0. The van der Waals surface area contributed by atoms with Gasteiger partial charge in [0.2, 0.25) is 0 Å². The Hall–Kier alpha value is -0.870. The highest BCUT2D eigenvalue weighted by molar-refractivity contribution is 5.35. The summed E-state index contributed by atoms with van der Waals surface area (Å²) in [5.74, 6) is 0.553. The van der Waals surface area contributed by atoms with Crippen molar-refractivity contribution in [3.8, 4) is 0 Å². The zero-order chi connectivity index (χ0) is 12.9. The van der Waals surface area contributed by atoms with Crippen molar-refractivity contribution >= 4 is 0 Å². The van der Waals surface area contributed by atoms with E-state index in [-0.39, 0.29) is 5.41 Å². The van der Waals surface area contributed by atoms with E-state index < -0.39 is 5.79 Å². The lowest BCUT2D eigenvalue weighted by molar-refractivity contribution is -0.231. The van der Waals surface area contributed by atoms with Crippen molar-refractivity contribution in [3.05, 3.63) is 17.0 Å². The molecule has 2 fully saturated rings. The van der Waals surface area contributed by atoms with Gasteiger partial charge in [-0.1, -0.05) is 11.6 Å². The zero-order valence-corrected chi connectivity index (χ0v) is 11.5. The van der Waals surface area contributed by atoms with Crippen LogP contribution in [-0.4, -0.2) is 24.2 Å². The largest absolute Gasteiger partial charge is 0.361 e. The second-order valence-corrected chi connectivity index (χ2v) is 6.16. The monoisotopic (exact) mass is 263 g/mol. The molecular weight excluding hydrogens is 242 g/mol. The van der Waals surface area contributed by atoms with Gasteiger partial charge in [0.1, 0.15) is 5.76 Å². The van der Waals surface area contributed by atoms with Crippen molar-refractivity contribution < 1.29 is 14.0 Å². The van der Waals surface area contributed by atoms with Gasteiger partial charge in [0.15, 0.2) is 5.79 Å². The Balaban J connectivity index is 1.87. The molecule has 2 heterocycles. The minimum Gasteiger partial charge on any atom is -0.361 e. The van der Waals surface area contributed by atoms with E-state index in [1.165, 1.54) is 24.8 Å². The third-order valence-corrected chi connectivity index (χ3v) is 5.31. The number of aryl methyl sites for hydroxylation is 1. The van der Waals surface area contributed by atoms with Gasteiger partial charge in [-0.2, -0.15) is 0 Å². The van der Waals surface area contributed by atoms with Crippen LogP contribution in [0.1, 0.15) is 55.5 Å². The lowest BCUT2D eigenvalue weighted by Crippen LogP contribution is -2.56. The maximum absolute atomic E-state index is 6.14. The summed E-state index contributed by atoms with van der Waals surface area (Å²) < 4.78 is 17.8. The van der Waals surface area contributed by atoms with Gasteiger partial charge in [0.25, 0.3) is 0 Å². The van der Waals surface area contributed by atoms with Crippen LogP contribution >= 0.6 is 0 Å². The molecule has 0 N–H and O–H groups in total. The quantitative estimate of drug-likeness (QED) is 0.722. The first-order chi connectivity index (χ1) is 9.28. The number of fused-ring (bicyclic) bond motifs is 3. The Kier molecular flexibility index (Phi) is 2.55. The fourth-order valence-corrected chi connectivity index (χ4v) is 4.45. The summed E-state index contributed by atoms with van der Waals surface area (Å²) in [6.45, 7) is 3.46. The maximum Gasteiger partial charge on any atom is 0.179 e. The fraction of sp³-hybridized carbons (Fsp3) is 0.800. The smallest absolute Gasteiger partial charge is 0.179 e. The predicted octanol–water partition coefficient (Wildman–Crippen LogP) is 2.87. The molecule has 1 atom stereocenters. The summed E-state index contributed by atoms with van der Waals surface area (Å²) in [7, 11) is 0. The standard InChI is InChI=1S/C15H21NO3/c1-11-12-5-4-7-14(13(12)16-19-11)6-2-3-8-15(14)17-9-10-18-15/h2-10H2,1H3/t14-/m0/s1. The highest BCUT2D eigenvalue weighted by atomic mass is 16.7. The van der Waals surface area contributed by atoms with Gasteiger partial charge in [-0.05, 0) is 39.0 Å². The Morgan fingerprint density at radius 2 is 1.74 bits per heavy atom. The lowest BCUT2D eigenvalue weighted by atomic mass is 9.61. The van der Waals surface area contributed by atoms with Gasteiger partial charge >= 0.3 is 0 Å². The molecule has 2 aliphatic carbocycles. The van der Waals surface area contributed by atoms with Gasteiger partial charge in [0, 0.05) is 12.0 Å². The highest BCUT2D eigenvalue weighted by Crippen LogP contribution is 2.56. The van der Waals surface area contributed by atoms with E-state index in [0.717, 1.165) is 37.1 Å². The van der Waals surface area contributed by atoms with Crippen LogP contribution in [0, 0.1) is 6.92 Å². The van der Waals surface area contributed by atoms with Crippen LogP contribution in [0.3, 0.4) is 0 Å². The normalized spacial score (nSPS) is 32.9. The predicted molar refractivity (Wildman–Crippen MR) is 69.0 cm³/mol. The van der Waals surface area contributed by atoms with Gasteiger partial charge in [-0.25, -0.2) is 0 Å². The molecule has 2 spiro atoms. The molecule has 1 aromatic heterocycles. The molecule has 1 aliphatic heterocycles. The summed E-state index contributed by atoms with van der Waals surface area (Å²) in [6, 6.07) is 0. The van der Waals surface area contributed by atoms with Gasteiger partial charge in [-0.15, -0.1) is 0 Å². The van der Waals surface area contributed by atoms with Crippen LogP contribution in [0.15, 0.2) is 4.52 Å². The van der Waals surface area contributed by atoms with Crippen LogP contribution in [0.5, 0.6) is 0 Å². The molecule has 0 radical (unpaired) electrons. The molecular formula is C15H21NO3. The minimum atomic E-state index is -0.427. The van der Waals surface area contributed by atoms with Crippen molar-refractivity contribution in [2.24, 2.45) is 0 Å². The zero-order valence-electron chi connectivity index (χ0n) is 11.5.